The molecule has 0 N–H and O–H groups in total. The van der Waals surface area contributed by atoms with E-state index in [2.05, 4.69) is 26.3 Å². The van der Waals surface area contributed by atoms with Gasteiger partial charge in [0, 0.05) is 0 Å². The summed E-state index contributed by atoms with van der Waals surface area (Å²) < 4.78 is 5.38. The number of hydrogen-bond donors (Lipinski definition) is 0. The molecule has 0 aromatic rings. The summed E-state index contributed by atoms with van der Waals surface area (Å²) in [5.41, 5.74) is 0. The maximum absolute atomic E-state index is 9.41. The number of aliphatic carboxylic acids is 2. The molecule has 0 aliphatic carbocycles. The molecule has 0 heterocycles. The van der Waals surface area contributed by atoms with Crippen molar-refractivity contribution in [3.05, 3.63) is 62.8 Å². The van der Waals surface area contributed by atoms with Crippen molar-refractivity contribution in [3.63, 3.8) is 0 Å². The minimum Gasteiger partial charge on any atom is -0.545 e. The summed E-state index contributed by atoms with van der Waals surface area (Å²) in [5, 5.41) is 18.8. The van der Waals surface area contributed by atoms with Gasteiger partial charge in [0.2, 0.25) is 0 Å². The van der Waals surface area contributed by atoms with Crippen molar-refractivity contribution in [2.24, 2.45) is 0 Å². The Balaban J connectivity index is -0.000000288. The summed E-state index contributed by atoms with van der Waals surface area (Å²) >= 11 is 0. The number of carbonyl (C=O) groups is 2. The first-order valence-corrected chi connectivity index (χ1v) is 5.16. The van der Waals surface area contributed by atoms with Crippen molar-refractivity contribution in [1.82, 2.24) is 0 Å². The van der Waals surface area contributed by atoms with Crippen LogP contribution in [0.25, 0.3) is 0 Å². The molecule has 0 radical (unpaired) electrons. The van der Waals surface area contributed by atoms with Crippen LogP contribution in [0.15, 0.2) is 62.8 Å². The number of ether oxygens (including phenoxy) is 1. The number of rotatable bonds is 8. The van der Waals surface area contributed by atoms with E-state index < -0.39 is 11.9 Å². The van der Waals surface area contributed by atoms with E-state index in [1.165, 1.54) is 0 Å². The maximum Gasteiger partial charge on any atom is 2.00 e. The predicted molar refractivity (Wildman–Crippen MR) is 74.4 cm³/mol. The van der Waals surface area contributed by atoms with Gasteiger partial charge in [0.15, 0.2) is 0 Å². The number of hydrogen-bond acceptors (Lipinski definition) is 5. The summed E-state index contributed by atoms with van der Waals surface area (Å²) in [7, 11) is 0. The second-order valence-electron chi connectivity index (χ2n) is 2.98. The molecule has 0 amide bonds. The van der Waals surface area contributed by atoms with Gasteiger partial charge in [-0.1, -0.05) is 24.3 Å². The zero-order chi connectivity index (χ0) is 15.3. The van der Waals surface area contributed by atoms with Crippen LogP contribution >= 0.6 is 0 Å². The van der Waals surface area contributed by atoms with Gasteiger partial charge in [-0.25, -0.2) is 0 Å². The average Bonchev–Trinajstić information content (AvgIpc) is 2.39. The van der Waals surface area contributed by atoms with E-state index in [0.717, 1.165) is 0 Å². The van der Waals surface area contributed by atoms with Crippen molar-refractivity contribution in [2.45, 2.75) is 12.2 Å². The molecule has 0 aromatic heterocycles. The van der Waals surface area contributed by atoms with Crippen molar-refractivity contribution in [3.8, 4) is 0 Å². The molecule has 0 unspecified atom stereocenters. The average molecular weight is 304 g/mol. The van der Waals surface area contributed by atoms with Gasteiger partial charge in [0.25, 0.3) is 0 Å². The third kappa shape index (κ3) is 16.9. The van der Waals surface area contributed by atoms with Gasteiger partial charge in [0.05, 0.1) is 24.1 Å². The summed E-state index contributed by atoms with van der Waals surface area (Å²) in [6.07, 6.45) is 7.21. The minimum absolute atomic E-state index is 0. The van der Waals surface area contributed by atoms with E-state index in [0.29, 0.717) is 12.2 Å². The Kier molecular flexibility index (Phi) is 19.0. The molecule has 6 heteroatoms. The fourth-order valence-electron chi connectivity index (χ4n) is 0.732. The molecule has 0 saturated carbocycles. The second-order valence-corrected chi connectivity index (χ2v) is 2.98. The summed E-state index contributed by atoms with van der Waals surface area (Å²) in [4.78, 5) is 18.8. The molecule has 0 bridgehead atoms. The fraction of sp³-hybridized carbons (Fsp3) is 0.143. The topological polar surface area (TPSA) is 89.5 Å². The summed E-state index contributed by atoms with van der Waals surface area (Å²) in [6.45, 7) is 14.4. The molecule has 20 heavy (non-hydrogen) atoms. The first kappa shape index (κ1) is 23.9. The minimum atomic E-state index is -1.55. The molecule has 5 nitrogen and oxygen atoms in total. The maximum atomic E-state index is 9.41. The van der Waals surface area contributed by atoms with Gasteiger partial charge in [-0.2, -0.15) is 0 Å². The van der Waals surface area contributed by atoms with E-state index in [1.807, 2.05) is 0 Å². The Morgan fingerprint density at radius 2 is 1.05 bits per heavy atom. The SMILES string of the molecule is C=CC(C=C)OC(C=C)C=C.O=C([O-])C=CC(=O)[O-].[Ca+2]. The van der Waals surface area contributed by atoms with E-state index in [-0.39, 0.29) is 49.9 Å². The number of carboxylic acids is 2. The molecule has 0 saturated heterocycles. The first-order chi connectivity index (χ1) is 8.90. The molecular formula is C14H16CaO5. The second kappa shape index (κ2) is 15.9. The van der Waals surface area contributed by atoms with Crippen molar-refractivity contribution >= 4 is 49.7 Å². The van der Waals surface area contributed by atoms with Gasteiger partial charge in [0.1, 0.15) is 0 Å². The molecule has 0 atom stereocenters. The summed E-state index contributed by atoms with van der Waals surface area (Å²) in [5.74, 6) is -3.09. The molecule has 0 spiro atoms. The quantitative estimate of drug-likeness (QED) is 0.331. The van der Waals surface area contributed by atoms with Crippen LogP contribution in [0.3, 0.4) is 0 Å². The molecule has 0 rings (SSSR count). The zero-order valence-corrected chi connectivity index (χ0v) is 13.4. The molecular weight excluding hydrogens is 288 g/mol. The van der Waals surface area contributed by atoms with Crippen LogP contribution in [0.2, 0.25) is 0 Å². The zero-order valence-electron chi connectivity index (χ0n) is 11.2. The standard InChI is InChI=1S/C10H14O.C4H4O4.Ca/c1-5-9(6-2)11-10(7-3)8-4;5-3(6)1-2-4(7)8;/h5-10H,1-4H2;1-2H,(H,5,6)(H,7,8);/q;;+2/p-2. The van der Waals surface area contributed by atoms with Crippen LogP contribution in [0.4, 0.5) is 0 Å². The van der Waals surface area contributed by atoms with Gasteiger partial charge in [-0.3, -0.25) is 0 Å². The van der Waals surface area contributed by atoms with Crippen LogP contribution in [-0.2, 0) is 14.3 Å². The van der Waals surface area contributed by atoms with Crippen molar-refractivity contribution in [1.29, 1.82) is 0 Å². The van der Waals surface area contributed by atoms with Crippen molar-refractivity contribution in [2.75, 3.05) is 0 Å². The van der Waals surface area contributed by atoms with Crippen LogP contribution in [0.5, 0.6) is 0 Å². The van der Waals surface area contributed by atoms with Gasteiger partial charge < -0.3 is 24.5 Å². The van der Waals surface area contributed by atoms with Crippen LogP contribution < -0.4 is 10.2 Å². The molecule has 0 aromatic carbocycles. The van der Waals surface area contributed by atoms with Gasteiger partial charge >= 0.3 is 37.7 Å². The van der Waals surface area contributed by atoms with Crippen LogP contribution in [-0.4, -0.2) is 61.9 Å². The van der Waals surface area contributed by atoms with Crippen LogP contribution in [0, 0.1) is 0 Å². The Morgan fingerprint density at radius 3 is 1.20 bits per heavy atom. The third-order valence-corrected chi connectivity index (χ3v) is 1.60. The van der Waals surface area contributed by atoms with Crippen LogP contribution in [0.1, 0.15) is 0 Å². The molecule has 104 valence electrons. The van der Waals surface area contributed by atoms with Gasteiger partial charge in [-0.15, -0.1) is 26.3 Å². The Morgan fingerprint density at radius 1 is 0.800 bits per heavy atom. The first-order valence-electron chi connectivity index (χ1n) is 5.16. The van der Waals surface area contributed by atoms with E-state index in [4.69, 9.17) is 4.74 Å². The number of carbonyl (C=O) groups excluding carboxylic acids is 2. The predicted octanol–water partition coefficient (Wildman–Crippen LogP) is -0.854. The van der Waals surface area contributed by atoms with E-state index in [9.17, 15) is 19.8 Å². The molecule has 0 fully saturated rings. The largest absolute Gasteiger partial charge is 2.00 e. The Hall–Kier alpha value is -1.14. The Bertz CT molecular complexity index is 324. The van der Waals surface area contributed by atoms with Gasteiger partial charge in [-0.05, 0) is 12.2 Å². The monoisotopic (exact) mass is 304 g/mol. The molecule has 0 aliphatic heterocycles. The Labute approximate surface area is 148 Å². The summed E-state index contributed by atoms with van der Waals surface area (Å²) in [6, 6.07) is 0. The molecule has 0 aliphatic rings. The fourth-order valence-corrected chi connectivity index (χ4v) is 0.732. The van der Waals surface area contributed by atoms with E-state index >= 15 is 0 Å². The third-order valence-electron chi connectivity index (χ3n) is 1.60. The smallest absolute Gasteiger partial charge is 0.545 e. The normalized spacial score (nSPS) is 9.10. The van der Waals surface area contributed by atoms with E-state index in [1.54, 1.807) is 24.3 Å². The van der Waals surface area contributed by atoms with Crippen molar-refractivity contribution < 1.29 is 24.5 Å². The number of carboxylic acid groups (broad SMARTS) is 2.